The molecule has 0 bridgehead atoms. The summed E-state index contributed by atoms with van der Waals surface area (Å²) in [6, 6.07) is 14.3. The summed E-state index contributed by atoms with van der Waals surface area (Å²) in [6.07, 6.45) is 3.89. The van der Waals surface area contributed by atoms with Crippen molar-refractivity contribution in [1.82, 2.24) is 15.0 Å². The van der Waals surface area contributed by atoms with Crippen LogP contribution in [-0.2, 0) is 0 Å². The summed E-state index contributed by atoms with van der Waals surface area (Å²) < 4.78 is 0. The van der Waals surface area contributed by atoms with Crippen LogP contribution in [0.25, 0.3) is 0 Å². The molecule has 2 N–H and O–H groups in total. The van der Waals surface area contributed by atoms with Gasteiger partial charge >= 0.3 is 0 Å². The van der Waals surface area contributed by atoms with Crippen LogP contribution in [0.3, 0.4) is 0 Å². The molecule has 1 saturated heterocycles. The Morgan fingerprint density at radius 2 is 1.66 bits per heavy atom. The molecule has 2 aromatic carbocycles. The van der Waals surface area contributed by atoms with Gasteiger partial charge in [-0.15, -0.1) is 0 Å². The van der Waals surface area contributed by atoms with E-state index in [4.69, 9.17) is 0 Å². The number of non-ortho nitro benzene ring substituents is 1. The molecule has 3 aromatic rings. The molecule has 0 saturated carbocycles. The number of hydrogen-bond donors (Lipinski definition) is 2. The quantitative estimate of drug-likeness (QED) is 0.249. The van der Waals surface area contributed by atoms with E-state index in [9.17, 15) is 10.1 Å². The van der Waals surface area contributed by atoms with Gasteiger partial charge in [0.1, 0.15) is 0 Å². The van der Waals surface area contributed by atoms with E-state index in [1.807, 2.05) is 12.1 Å². The van der Waals surface area contributed by atoms with Crippen LogP contribution in [0, 0.1) is 10.1 Å². The van der Waals surface area contributed by atoms with Gasteiger partial charge in [0, 0.05) is 49.7 Å². The molecular formula is C24H29N9O2. The number of anilines is 5. The normalized spacial score (nSPS) is 13.3. The molecule has 35 heavy (non-hydrogen) atoms. The Morgan fingerprint density at radius 3 is 2.29 bits per heavy atom. The molecule has 11 heteroatoms. The minimum Gasteiger partial charge on any atom is -0.372 e. The second-order valence-corrected chi connectivity index (χ2v) is 8.04. The predicted octanol–water partition coefficient (Wildman–Crippen LogP) is 4.42. The van der Waals surface area contributed by atoms with Crippen molar-refractivity contribution < 1.29 is 4.92 Å². The van der Waals surface area contributed by atoms with Crippen molar-refractivity contribution in [2.24, 2.45) is 5.10 Å². The summed E-state index contributed by atoms with van der Waals surface area (Å²) in [6.45, 7) is 7.95. The lowest BCUT2D eigenvalue weighted by Gasteiger charge is -2.20. The molecule has 182 valence electrons. The van der Waals surface area contributed by atoms with Crippen LogP contribution in [0.4, 0.5) is 34.9 Å². The maximum Gasteiger partial charge on any atom is 0.269 e. The largest absolute Gasteiger partial charge is 0.372 e. The number of nitrogens with zero attached hydrogens (tertiary/aromatic N) is 7. The molecule has 0 radical (unpaired) electrons. The fraction of sp³-hybridized carbons (Fsp3) is 0.333. The maximum atomic E-state index is 10.9. The van der Waals surface area contributed by atoms with Gasteiger partial charge in [0.2, 0.25) is 17.8 Å². The zero-order valence-corrected chi connectivity index (χ0v) is 19.9. The van der Waals surface area contributed by atoms with Crippen molar-refractivity contribution in [2.45, 2.75) is 26.7 Å². The number of nitrogens with one attached hydrogen (secondary N) is 2. The molecule has 1 aliphatic rings. The Kier molecular flexibility index (Phi) is 7.66. The van der Waals surface area contributed by atoms with Gasteiger partial charge in [-0.25, -0.2) is 5.43 Å². The van der Waals surface area contributed by atoms with E-state index in [2.05, 4.69) is 66.6 Å². The molecule has 1 aromatic heterocycles. The van der Waals surface area contributed by atoms with Gasteiger partial charge < -0.3 is 15.1 Å². The number of benzene rings is 2. The number of nitro benzene ring substituents is 1. The molecule has 4 rings (SSSR count). The summed E-state index contributed by atoms with van der Waals surface area (Å²) in [4.78, 5) is 28.3. The number of aromatic nitrogens is 3. The van der Waals surface area contributed by atoms with Gasteiger partial charge in [-0.1, -0.05) is 12.1 Å². The van der Waals surface area contributed by atoms with E-state index in [-0.39, 0.29) is 5.69 Å². The minimum atomic E-state index is -0.435. The third-order valence-corrected chi connectivity index (χ3v) is 5.75. The maximum absolute atomic E-state index is 10.9. The van der Waals surface area contributed by atoms with Gasteiger partial charge in [-0.3, -0.25) is 10.1 Å². The van der Waals surface area contributed by atoms with E-state index in [0.717, 1.165) is 44.6 Å². The van der Waals surface area contributed by atoms with Gasteiger partial charge in [0.05, 0.1) is 11.1 Å². The van der Waals surface area contributed by atoms with Gasteiger partial charge in [-0.2, -0.15) is 20.1 Å². The molecule has 1 fully saturated rings. The van der Waals surface area contributed by atoms with E-state index in [1.54, 1.807) is 18.3 Å². The van der Waals surface area contributed by atoms with Crippen molar-refractivity contribution in [3.63, 3.8) is 0 Å². The van der Waals surface area contributed by atoms with E-state index >= 15 is 0 Å². The summed E-state index contributed by atoms with van der Waals surface area (Å²) >= 11 is 0. The lowest BCUT2D eigenvalue weighted by Crippen LogP contribution is -2.21. The summed E-state index contributed by atoms with van der Waals surface area (Å²) in [5.41, 5.74) is 5.69. The fourth-order valence-electron chi connectivity index (χ4n) is 3.85. The van der Waals surface area contributed by atoms with Gasteiger partial charge in [0.15, 0.2) is 0 Å². The molecule has 0 aliphatic carbocycles. The molecule has 2 heterocycles. The third-order valence-electron chi connectivity index (χ3n) is 5.75. The van der Waals surface area contributed by atoms with E-state index in [0.29, 0.717) is 23.5 Å². The Hall–Kier alpha value is -4.28. The first-order valence-electron chi connectivity index (χ1n) is 11.7. The van der Waals surface area contributed by atoms with Gasteiger partial charge in [-0.05, 0) is 56.5 Å². The van der Waals surface area contributed by atoms with E-state index in [1.165, 1.54) is 17.8 Å². The molecule has 0 amide bonds. The van der Waals surface area contributed by atoms with Crippen LogP contribution < -0.4 is 20.5 Å². The SMILES string of the molecule is CCN(CC)c1ccc(/C=N\Nc2nc(Nc3ccc([N+](=O)[O-])cc3)nc(N3CCCC3)n2)cc1. The van der Waals surface area contributed by atoms with Crippen molar-refractivity contribution in [3.05, 3.63) is 64.2 Å². The number of rotatable bonds is 10. The van der Waals surface area contributed by atoms with Crippen molar-refractivity contribution in [1.29, 1.82) is 0 Å². The second-order valence-electron chi connectivity index (χ2n) is 8.04. The highest BCUT2D eigenvalue weighted by molar-refractivity contribution is 5.80. The minimum absolute atomic E-state index is 0.0192. The number of hydrogen-bond acceptors (Lipinski definition) is 10. The first kappa shape index (κ1) is 23.9. The van der Waals surface area contributed by atoms with Gasteiger partial charge in [0.25, 0.3) is 5.69 Å². The Balaban J connectivity index is 1.50. The summed E-state index contributed by atoms with van der Waals surface area (Å²) in [5.74, 6) is 1.20. The first-order chi connectivity index (χ1) is 17.1. The Bertz CT molecular complexity index is 1160. The summed E-state index contributed by atoms with van der Waals surface area (Å²) in [5, 5.41) is 18.3. The van der Waals surface area contributed by atoms with Crippen LogP contribution in [0.2, 0.25) is 0 Å². The standard InChI is InChI=1S/C24H29N9O2/c1-3-31(4-2)20-11-7-18(8-12-20)17-25-30-23-27-22(28-24(29-23)32-15-5-6-16-32)26-19-9-13-21(14-10-19)33(34)35/h7-14,17H,3-6,15-16H2,1-2H3,(H2,26,27,28,29,30)/b25-17-. The van der Waals surface area contributed by atoms with Crippen LogP contribution >= 0.6 is 0 Å². The average molecular weight is 476 g/mol. The molecular weight excluding hydrogens is 446 g/mol. The van der Waals surface area contributed by atoms with Crippen LogP contribution in [0.15, 0.2) is 53.6 Å². The van der Waals surface area contributed by atoms with Crippen LogP contribution in [0.1, 0.15) is 32.3 Å². The molecule has 0 unspecified atom stereocenters. The van der Waals surface area contributed by atoms with E-state index < -0.39 is 4.92 Å². The lowest BCUT2D eigenvalue weighted by molar-refractivity contribution is -0.384. The average Bonchev–Trinajstić information content (AvgIpc) is 3.41. The Morgan fingerprint density at radius 1 is 1.00 bits per heavy atom. The molecule has 11 nitrogen and oxygen atoms in total. The topological polar surface area (TPSA) is 125 Å². The van der Waals surface area contributed by atoms with Crippen molar-refractivity contribution in [3.8, 4) is 0 Å². The molecule has 0 atom stereocenters. The smallest absolute Gasteiger partial charge is 0.269 e. The lowest BCUT2D eigenvalue weighted by atomic mass is 10.2. The summed E-state index contributed by atoms with van der Waals surface area (Å²) in [7, 11) is 0. The Labute approximate surface area is 204 Å². The van der Waals surface area contributed by atoms with Crippen LogP contribution in [-0.4, -0.2) is 52.3 Å². The highest BCUT2D eigenvalue weighted by Gasteiger charge is 2.17. The highest BCUT2D eigenvalue weighted by Crippen LogP contribution is 2.22. The fourth-order valence-corrected chi connectivity index (χ4v) is 3.85. The number of hydrazone groups is 1. The zero-order chi connectivity index (χ0) is 24.6. The van der Waals surface area contributed by atoms with Crippen molar-refractivity contribution >= 4 is 41.1 Å². The monoisotopic (exact) mass is 475 g/mol. The second kappa shape index (κ2) is 11.2. The highest BCUT2D eigenvalue weighted by atomic mass is 16.6. The number of nitro groups is 1. The predicted molar refractivity (Wildman–Crippen MR) is 139 cm³/mol. The van der Waals surface area contributed by atoms with Crippen molar-refractivity contribution in [2.75, 3.05) is 46.7 Å². The third kappa shape index (κ3) is 6.19. The van der Waals surface area contributed by atoms with Crippen LogP contribution in [0.5, 0.6) is 0 Å². The zero-order valence-electron chi connectivity index (χ0n) is 19.9. The first-order valence-corrected chi connectivity index (χ1v) is 11.7. The molecule has 1 aliphatic heterocycles. The molecule has 0 spiro atoms.